The highest BCUT2D eigenvalue weighted by atomic mass is 16.2. The van der Waals surface area contributed by atoms with E-state index in [-0.39, 0.29) is 16.6 Å². The van der Waals surface area contributed by atoms with Crippen LogP contribution in [0.4, 0.5) is 0 Å². The molecular formula is C8H7N3O3. The van der Waals surface area contributed by atoms with Gasteiger partial charge < -0.3 is 4.98 Å². The van der Waals surface area contributed by atoms with Gasteiger partial charge in [-0.1, -0.05) is 0 Å². The molecule has 2 heterocycles. The maximum Gasteiger partial charge on any atom is 0.327 e. The summed E-state index contributed by atoms with van der Waals surface area (Å²) in [4.78, 5) is 40.1. The SMILES string of the molecule is Cc1cc2c(=O)[nH]c(=O)[nH]c2[nH]c1=O. The first kappa shape index (κ1) is 8.49. The number of aryl methyl sites for hydroxylation is 1. The molecule has 3 N–H and O–H groups in total. The highest BCUT2D eigenvalue weighted by Crippen LogP contribution is 1.98. The van der Waals surface area contributed by atoms with E-state index in [0.29, 0.717) is 5.56 Å². The quantitative estimate of drug-likeness (QED) is 0.511. The van der Waals surface area contributed by atoms with Gasteiger partial charge in [-0.15, -0.1) is 0 Å². The molecule has 0 aromatic carbocycles. The summed E-state index contributed by atoms with van der Waals surface area (Å²) in [5, 5.41) is 0.265. The molecule has 72 valence electrons. The summed E-state index contributed by atoms with van der Waals surface area (Å²) in [7, 11) is 0. The van der Waals surface area contributed by atoms with Crippen LogP contribution in [-0.4, -0.2) is 15.0 Å². The largest absolute Gasteiger partial charge is 0.327 e. The number of nitrogens with one attached hydrogen (secondary N) is 3. The molecule has 6 nitrogen and oxygen atoms in total. The van der Waals surface area contributed by atoms with Gasteiger partial charge in [0.05, 0.1) is 5.39 Å². The maximum absolute atomic E-state index is 11.3. The van der Waals surface area contributed by atoms with Crippen LogP contribution in [0.25, 0.3) is 11.0 Å². The van der Waals surface area contributed by atoms with Gasteiger partial charge in [0.15, 0.2) is 0 Å². The van der Waals surface area contributed by atoms with Gasteiger partial charge in [0.1, 0.15) is 5.65 Å². The molecule has 0 amide bonds. The Bertz CT molecular complexity index is 662. The highest BCUT2D eigenvalue weighted by Gasteiger charge is 2.02. The Kier molecular flexibility index (Phi) is 1.63. The fourth-order valence-electron chi connectivity index (χ4n) is 1.23. The van der Waals surface area contributed by atoms with Gasteiger partial charge in [-0.3, -0.25) is 19.6 Å². The zero-order chi connectivity index (χ0) is 10.3. The van der Waals surface area contributed by atoms with Crippen LogP contribution in [0, 0.1) is 6.92 Å². The van der Waals surface area contributed by atoms with Gasteiger partial charge in [0.25, 0.3) is 11.1 Å². The summed E-state index contributed by atoms with van der Waals surface area (Å²) in [6.07, 6.45) is 0. The van der Waals surface area contributed by atoms with Crippen molar-refractivity contribution in [2.24, 2.45) is 0 Å². The number of hydrogen-bond donors (Lipinski definition) is 3. The monoisotopic (exact) mass is 193 g/mol. The van der Waals surface area contributed by atoms with Crippen molar-refractivity contribution in [1.82, 2.24) is 15.0 Å². The number of pyridine rings is 1. The summed E-state index contributed by atoms with van der Waals surface area (Å²) in [5.41, 5.74) is -0.895. The smallest absolute Gasteiger partial charge is 0.308 e. The minimum Gasteiger partial charge on any atom is -0.308 e. The van der Waals surface area contributed by atoms with E-state index < -0.39 is 11.2 Å². The van der Waals surface area contributed by atoms with Crippen LogP contribution in [0.3, 0.4) is 0 Å². The molecule has 2 aromatic rings. The predicted octanol–water partition coefficient (Wildman–Crippen LogP) is -0.787. The lowest BCUT2D eigenvalue weighted by Gasteiger charge is -1.96. The minimum absolute atomic E-state index is 0.148. The Hall–Kier alpha value is -2.11. The van der Waals surface area contributed by atoms with E-state index in [1.807, 2.05) is 0 Å². The van der Waals surface area contributed by atoms with Crippen molar-refractivity contribution in [1.29, 1.82) is 0 Å². The second kappa shape index (κ2) is 2.69. The number of aromatic nitrogens is 3. The molecule has 0 spiro atoms. The van der Waals surface area contributed by atoms with E-state index in [1.165, 1.54) is 6.07 Å². The summed E-state index contributed by atoms with van der Waals surface area (Å²) >= 11 is 0. The van der Waals surface area contributed by atoms with Crippen LogP contribution in [0.15, 0.2) is 20.4 Å². The molecule has 0 radical (unpaired) electrons. The third-order valence-electron chi connectivity index (χ3n) is 1.94. The first-order valence-electron chi connectivity index (χ1n) is 3.94. The van der Waals surface area contributed by atoms with E-state index in [0.717, 1.165) is 0 Å². The van der Waals surface area contributed by atoms with Gasteiger partial charge in [0.2, 0.25) is 0 Å². The normalized spacial score (nSPS) is 10.6. The average Bonchev–Trinajstić information content (AvgIpc) is 2.08. The molecular weight excluding hydrogens is 186 g/mol. The van der Waals surface area contributed by atoms with Gasteiger partial charge in [-0.2, -0.15) is 0 Å². The van der Waals surface area contributed by atoms with Gasteiger partial charge in [0, 0.05) is 5.56 Å². The first-order valence-corrected chi connectivity index (χ1v) is 3.94. The Morgan fingerprint density at radius 3 is 2.43 bits per heavy atom. The minimum atomic E-state index is -0.637. The van der Waals surface area contributed by atoms with Crippen LogP contribution in [0.5, 0.6) is 0 Å². The molecule has 6 heteroatoms. The predicted molar refractivity (Wildman–Crippen MR) is 50.5 cm³/mol. The lowest BCUT2D eigenvalue weighted by atomic mass is 10.2. The number of rotatable bonds is 0. The molecule has 0 unspecified atom stereocenters. The highest BCUT2D eigenvalue weighted by molar-refractivity contribution is 5.73. The molecule has 0 atom stereocenters. The van der Waals surface area contributed by atoms with E-state index in [9.17, 15) is 14.4 Å². The fourth-order valence-corrected chi connectivity index (χ4v) is 1.23. The van der Waals surface area contributed by atoms with E-state index in [4.69, 9.17) is 0 Å². The zero-order valence-electron chi connectivity index (χ0n) is 7.30. The van der Waals surface area contributed by atoms with Crippen molar-refractivity contribution < 1.29 is 0 Å². The second-order valence-corrected chi connectivity index (χ2v) is 2.98. The molecule has 2 rings (SSSR count). The first-order chi connectivity index (χ1) is 6.58. The van der Waals surface area contributed by atoms with Gasteiger partial charge in [-0.05, 0) is 13.0 Å². The number of H-pyrrole nitrogens is 3. The summed E-state index contributed by atoms with van der Waals surface area (Å²) in [5.74, 6) is 0. The van der Waals surface area contributed by atoms with E-state index >= 15 is 0 Å². The third kappa shape index (κ3) is 1.17. The number of aromatic amines is 3. The van der Waals surface area contributed by atoms with Gasteiger partial charge >= 0.3 is 5.69 Å². The molecule has 0 saturated heterocycles. The molecule has 0 fully saturated rings. The van der Waals surface area contributed by atoms with Crippen LogP contribution >= 0.6 is 0 Å². The fraction of sp³-hybridized carbons (Fsp3) is 0.125. The molecule has 0 bridgehead atoms. The third-order valence-corrected chi connectivity index (χ3v) is 1.94. The molecule has 0 aliphatic heterocycles. The Labute approximate surface area is 76.6 Å². The lowest BCUT2D eigenvalue weighted by molar-refractivity contribution is 1.05. The Morgan fingerprint density at radius 1 is 1.00 bits per heavy atom. The molecule has 0 aliphatic carbocycles. The topological polar surface area (TPSA) is 98.6 Å². The van der Waals surface area contributed by atoms with Crippen molar-refractivity contribution in [2.45, 2.75) is 6.92 Å². The molecule has 0 saturated carbocycles. The lowest BCUT2D eigenvalue weighted by Crippen LogP contribution is -2.24. The van der Waals surface area contributed by atoms with Crippen LogP contribution < -0.4 is 16.8 Å². The number of fused-ring (bicyclic) bond motifs is 1. The van der Waals surface area contributed by atoms with Crippen molar-refractivity contribution in [3.63, 3.8) is 0 Å². The van der Waals surface area contributed by atoms with E-state index in [1.54, 1.807) is 6.92 Å². The zero-order valence-corrected chi connectivity index (χ0v) is 7.30. The van der Waals surface area contributed by atoms with Crippen molar-refractivity contribution >= 4 is 11.0 Å². The van der Waals surface area contributed by atoms with Gasteiger partial charge in [-0.25, -0.2) is 4.79 Å². The van der Waals surface area contributed by atoms with Crippen LogP contribution in [0.2, 0.25) is 0 Å². The standard InChI is InChI=1S/C8H7N3O3/c1-3-2-4-5(9-6(3)12)10-8(14)11-7(4)13/h2H,1H3,(H3,9,10,11,12,13,14). The summed E-state index contributed by atoms with van der Waals surface area (Å²) in [6, 6.07) is 1.43. The maximum atomic E-state index is 11.3. The second-order valence-electron chi connectivity index (χ2n) is 2.98. The molecule has 0 aliphatic rings. The summed E-state index contributed by atoms with van der Waals surface area (Å²) in [6.45, 7) is 1.59. The Balaban J connectivity index is 3.11. The van der Waals surface area contributed by atoms with E-state index in [2.05, 4.69) is 15.0 Å². The molecule has 14 heavy (non-hydrogen) atoms. The van der Waals surface area contributed by atoms with Crippen molar-refractivity contribution in [3.8, 4) is 0 Å². The summed E-state index contributed by atoms with van der Waals surface area (Å²) < 4.78 is 0. The average molecular weight is 193 g/mol. The molecule has 2 aromatic heterocycles. The van der Waals surface area contributed by atoms with Crippen LogP contribution in [0.1, 0.15) is 5.56 Å². The van der Waals surface area contributed by atoms with Crippen molar-refractivity contribution in [3.05, 3.63) is 42.8 Å². The number of hydrogen-bond acceptors (Lipinski definition) is 3. The van der Waals surface area contributed by atoms with Crippen molar-refractivity contribution in [2.75, 3.05) is 0 Å². The Morgan fingerprint density at radius 2 is 1.71 bits per heavy atom. The van der Waals surface area contributed by atoms with Crippen LogP contribution in [-0.2, 0) is 0 Å².